The Bertz CT molecular complexity index is 475. The minimum absolute atomic E-state index is 0.00563. The summed E-state index contributed by atoms with van der Waals surface area (Å²) in [7, 11) is -2.05. The summed E-state index contributed by atoms with van der Waals surface area (Å²) in [6.45, 7) is 14.2. The van der Waals surface area contributed by atoms with Crippen molar-refractivity contribution in [2.45, 2.75) is 38.9 Å². The second-order valence-electron chi connectivity index (χ2n) is 5.91. The Morgan fingerprint density at radius 3 is 2.65 bits per heavy atom. The van der Waals surface area contributed by atoms with E-state index >= 15 is 0 Å². The fourth-order valence-electron chi connectivity index (χ4n) is 0.955. The highest BCUT2D eigenvalue weighted by Crippen LogP contribution is 2.36. The van der Waals surface area contributed by atoms with Crippen LogP contribution in [0.1, 0.15) is 20.8 Å². The summed E-state index contributed by atoms with van der Waals surface area (Å²) in [5.41, 5.74) is 2.61. The van der Waals surface area contributed by atoms with Crippen molar-refractivity contribution in [1.29, 1.82) is 0 Å². The van der Waals surface area contributed by atoms with Crippen molar-refractivity contribution in [2.24, 2.45) is 0 Å². The molecule has 1 rings (SSSR count). The Balaban J connectivity index is 2.79. The van der Waals surface area contributed by atoms with Crippen molar-refractivity contribution < 1.29 is 13.7 Å². The Morgan fingerprint density at radius 1 is 1.45 bits per heavy atom. The molecule has 112 valence electrons. The smallest absolute Gasteiger partial charge is 0.318 e. The van der Waals surface area contributed by atoms with E-state index in [1.54, 1.807) is 6.08 Å². The maximum absolute atomic E-state index is 13.6. The van der Waals surface area contributed by atoms with E-state index in [9.17, 15) is 4.39 Å². The van der Waals surface area contributed by atoms with Gasteiger partial charge in [0.2, 0.25) is 8.32 Å². The average Bonchev–Trinajstić information content (AvgIpc) is 2.35. The summed E-state index contributed by atoms with van der Waals surface area (Å²) >= 11 is 0. The first-order valence-corrected chi connectivity index (χ1v) is 9.28. The summed E-state index contributed by atoms with van der Waals surface area (Å²) in [5, 5.41) is 0.00563. The van der Waals surface area contributed by atoms with Crippen molar-refractivity contribution in [3.05, 3.63) is 24.7 Å². The molecule has 20 heavy (non-hydrogen) atoms. The highest BCUT2D eigenvalue weighted by atomic mass is 28.4. The maximum Gasteiger partial charge on any atom is 0.318 e. The number of aromatic nitrogens is 2. The topological polar surface area (TPSA) is 56.3 Å². The number of ether oxygens (including phenoxy) is 1. The van der Waals surface area contributed by atoms with Crippen molar-refractivity contribution in [3.63, 3.8) is 0 Å². The molecule has 7 heteroatoms. The van der Waals surface area contributed by atoms with Crippen LogP contribution in [0.4, 0.5) is 10.2 Å². The molecular formula is C13H22FN3O2Si. The molecule has 1 N–H and O–H groups in total. The van der Waals surface area contributed by atoms with Gasteiger partial charge in [-0.15, -0.1) is 0 Å². The van der Waals surface area contributed by atoms with Gasteiger partial charge in [0.25, 0.3) is 0 Å². The van der Waals surface area contributed by atoms with Crippen molar-refractivity contribution in [3.8, 4) is 6.01 Å². The van der Waals surface area contributed by atoms with E-state index < -0.39 is 14.1 Å². The van der Waals surface area contributed by atoms with Crippen molar-refractivity contribution in [2.75, 3.05) is 12.1 Å². The molecule has 0 radical (unpaired) electrons. The molecule has 0 unspecified atom stereocenters. The van der Waals surface area contributed by atoms with Gasteiger partial charge in [-0.2, -0.15) is 4.98 Å². The zero-order valence-corrected chi connectivity index (χ0v) is 13.7. The molecule has 0 aromatic carbocycles. The van der Waals surface area contributed by atoms with Gasteiger partial charge in [-0.1, -0.05) is 33.4 Å². The summed E-state index contributed by atoms with van der Waals surface area (Å²) in [6.07, 6.45) is 2.61. The van der Waals surface area contributed by atoms with E-state index in [0.29, 0.717) is 0 Å². The van der Waals surface area contributed by atoms with Gasteiger partial charge in [0, 0.05) is 0 Å². The van der Waals surface area contributed by atoms with Crippen LogP contribution in [0.2, 0.25) is 18.1 Å². The largest absolute Gasteiger partial charge is 0.459 e. The van der Waals surface area contributed by atoms with Crippen LogP contribution in [-0.2, 0) is 4.53 Å². The van der Waals surface area contributed by atoms with Gasteiger partial charge in [0.15, 0.2) is 11.6 Å². The third-order valence-electron chi connectivity index (χ3n) is 3.26. The molecule has 1 heterocycles. The van der Waals surface area contributed by atoms with E-state index in [1.807, 2.05) is 13.1 Å². The molecule has 0 bridgehead atoms. The molecule has 5 nitrogen and oxygen atoms in total. The fourth-order valence-corrected chi connectivity index (χ4v) is 1.61. The molecular weight excluding hydrogens is 277 g/mol. The number of halogens is 1. The number of rotatable bonds is 6. The van der Waals surface area contributed by atoms with E-state index in [0.717, 1.165) is 6.20 Å². The quantitative estimate of drug-likeness (QED) is 0.495. The predicted molar refractivity (Wildman–Crippen MR) is 79.6 cm³/mol. The number of nitrogens with one attached hydrogen (secondary N) is 1. The minimum Gasteiger partial charge on any atom is -0.459 e. The van der Waals surface area contributed by atoms with Crippen LogP contribution in [0.25, 0.3) is 0 Å². The molecule has 1 aromatic heterocycles. The second-order valence-corrected chi connectivity index (χ2v) is 10.6. The Labute approximate surface area is 120 Å². The Hall–Kier alpha value is -1.47. The minimum atomic E-state index is -2.05. The predicted octanol–water partition coefficient (Wildman–Crippen LogP) is 3.53. The summed E-state index contributed by atoms with van der Waals surface area (Å²) in [6, 6.07) is 0.0765. The summed E-state index contributed by atoms with van der Waals surface area (Å²) < 4.78 is 24.5. The standard InChI is InChI=1S/C13H22FN3O2Si/c1-7-8-18-12-15-9-10(14)11(16-12)17-19-20(5,6)13(2,3)4/h7,9H,1,8H2,2-6H3,(H,15,16,17). The molecule has 0 aliphatic heterocycles. The SMILES string of the molecule is C=CCOc1ncc(F)c(NO[Si](C)(C)C(C)(C)C)n1. The summed E-state index contributed by atoms with van der Waals surface area (Å²) in [5.74, 6) is -0.612. The van der Waals surface area contributed by atoms with E-state index in [1.165, 1.54) is 0 Å². The molecule has 0 atom stereocenters. The van der Waals surface area contributed by atoms with Crippen LogP contribution in [-0.4, -0.2) is 24.9 Å². The normalized spacial score (nSPS) is 12.1. The van der Waals surface area contributed by atoms with Crippen LogP contribution in [0, 0.1) is 5.82 Å². The summed E-state index contributed by atoms with van der Waals surface area (Å²) in [4.78, 5) is 7.65. The van der Waals surface area contributed by atoms with Gasteiger partial charge in [-0.05, 0) is 18.1 Å². The lowest BCUT2D eigenvalue weighted by Gasteiger charge is -2.35. The number of hydrogen-bond acceptors (Lipinski definition) is 5. The second kappa shape index (κ2) is 6.32. The van der Waals surface area contributed by atoms with Gasteiger partial charge < -0.3 is 9.26 Å². The van der Waals surface area contributed by atoms with Crippen LogP contribution < -0.4 is 10.2 Å². The van der Waals surface area contributed by atoms with Crippen molar-refractivity contribution in [1.82, 2.24) is 9.97 Å². The van der Waals surface area contributed by atoms with Crippen LogP contribution >= 0.6 is 0 Å². The Kier molecular flexibility index (Phi) is 5.24. The lowest BCUT2D eigenvalue weighted by molar-refractivity contribution is 0.325. The monoisotopic (exact) mass is 299 g/mol. The first-order chi connectivity index (χ1) is 9.17. The molecule has 1 aromatic rings. The molecule has 0 saturated heterocycles. The number of hydrogen-bond donors (Lipinski definition) is 1. The van der Waals surface area contributed by atoms with Gasteiger partial charge in [-0.3, -0.25) is 5.48 Å². The van der Waals surface area contributed by atoms with Gasteiger partial charge >= 0.3 is 6.01 Å². The maximum atomic E-state index is 13.6. The number of anilines is 1. The van der Waals surface area contributed by atoms with Crippen LogP contribution in [0.15, 0.2) is 18.9 Å². The molecule has 0 aliphatic carbocycles. The lowest BCUT2D eigenvalue weighted by atomic mass is 10.2. The molecule has 0 amide bonds. The van der Waals surface area contributed by atoms with Crippen molar-refractivity contribution >= 4 is 14.1 Å². The zero-order chi connectivity index (χ0) is 15.4. The highest BCUT2D eigenvalue weighted by molar-refractivity contribution is 6.74. The zero-order valence-electron chi connectivity index (χ0n) is 12.7. The van der Waals surface area contributed by atoms with E-state index in [-0.39, 0.29) is 23.5 Å². The first-order valence-electron chi connectivity index (χ1n) is 6.37. The molecule has 0 fully saturated rings. The van der Waals surface area contributed by atoms with Gasteiger partial charge in [-0.25, -0.2) is 9.37 Å². The highest BCUT2D eigenvalue weighted by Gasteiger charge is 2.38. The fraction of sp³-hybridized carbons (Fsp3) is 0.538. The average molecular weight is 299 g/mol. The molecule has 0 aliphatic rings. The Morgan fingerprint density at radius 2 is 2.10 bits per heavy atom. The lowest BCUT2D eigenvalue weighted by Crippen LogP contribution is -2.42. The van der Waals surface area contributed by atoms with Crippen LogP contribution in [0.3, 0.4) is 0 Å². The molecule has 0 spiro atoms. The van der Waals surface area contributed by atoms with E-state index in [2.05, 4.69) is 42.8 Å². The van der Waals surface area contributed by atoms with Gasteiger partial charge in [0.05, 0.1) is 6.20 Å². The third kappa shape index (κ3) is 4.28. The number of nitrogens with zero attached hydrogens (tertiary/aromatic N) is 2. The molecule has 0 saturated carbocycles. The van der Waals surface area contributed by atoms with E-state index in [4.69, 9.17) is 9.26 Å². The first kappa shape index (κ1) is 16.6. The third-order valence-corrected chi connectivity index (χ3v) is 7.49. The van der Waals surface area contributed by atoms with Gasteiger partial charge in [0.1, 0.15) is 6.61 Å². The van der Waals surface area contributed by atoms with Crippen LogP contribution in [0.5, 0.6) is 6.01 Å².